The number of aliphatic hydroxyl groups is 1. The van der Waals surface area contributed by atoms with Crippen molar-refractivity contribution in [1.29, 1.82) is 0 Å². The molecule has 2 N–H and O–H groups in total. The Kier molecular flexibility index (Phi) is 4.62. The van der Waals surface area contributed by atoms with E-state index in [-0.39, 0.29) is 23.0 Å². The zero-order valence-electron chi connectivity index (χ0n) is 11.0. The Bertz CT molecular complexity index is 538. The lowest BCUT2D eigenvalue weighted by Crippen LogP contribution is -2.40. The maximum absolute atomic E-state index is 12.3. The zero-order chi connectivity index (χ0) is 14.0. The summed E-state index contributed by atoms with van der Waals surface area (Å²) >= 11 is 1.12. The predicted molar refractivity (Wildman–Crippen MR) is 73.7 cm³/mol. The predicted octanol–water partition coefficient (Wildman–Crippen LogP) is 1.39. The van der Waals surface area contributed by atoms with Gasteiger partial charge in [-0.2, -0.15) is 0 Å². The first-order valence-corrected chi connectivity index (χ1v) is 8.56. The van der Waals surface area contributed by atoms with Crippen LogP contribution in [0.25, 0.3) is 0 Å². The summed E-state index contributed by atoms with van der Waals surface area (Å²) < 4.78 is 32.9. The van der Waals surface area contributed by atoms with Crippen molar-refractivity contribution in [2.45, 2.75) is 49.7 Å². The van der Waals surface area contributed by atoms with Gasteiger partial charge in [0, 0.05) is 17.5 Å². The van der Waals surface area contributed by atoms with Crippen LogP contribution in [-0.2, 0) is 21.4 Å². The highest BCUT2D eigenvalue weighted by Gasteiger charge is 2.26. The van der Waals surface area contributed by atoms with Gasteiger partial charge in [-0.1, -0.05) is 0 Å². The summed E-state index contributed by atoms with van der Waals surface area (Å²) in [5.41, 5.74) is 0.813. The molecule has 1 aromatic heterocycles. The molecule has 0 aromatic carbocycles. The molecular weight excluding hydrogens is 286 g/mol. The highest BCUT2D eigenvalue weighted by molar-refractivity contribution is 7.91. The van der Waals surface area contributed by atoms with Crippen molar-refractivity contribution in [3.8, 4) is 0 Å². The largest absolute Gasteiger partial charge is 0.391 e. The first kappa shape index (κ1) is 14.9. The summed E-state index contributed by atoms with van der Waals surface area (Å²) in [6.07, 6.45) is 1.47. The molecule has 1 aliphatic heterocycles. The Morgan fingerprint density at radius 2 is 2.32 bits per heavy atom. The van der Waals surface area contributed by atoms with Gasteiger partial charge in [0.05, 0.1) is 12.7 Å². The average molecular weight is 305 g/mol. The number of rotatable bonds is 4. The third-order valence-electron chi connectivity index (χ3n) is 3.21. The van der Waals surface area contributed by atoms with Gasteiger partial charge in [0.1, 0.15) is 4.21 Å². The SMILES string of the molecule is Cc1cc(S(=O)(=O)NC2CCOC(C)C2)sc1CO. The van der Waals surface area contributed by atoms with Crippen molar-refractivity contribution in [3.63, 3.8) is 0 Å². The van der Waals surface area contributed by atoms with Gasteiger partial charge in [-0.25, -0.2) is 13.1 Å². The van der Waals surface area contributed by atoms with Crippen LogP contribution >= 0.6 is 11.3 Å². The minimum Gasteiger partial charge on any atom is -0.391 e. The molecule has 5 nitrogen and oxygen atoms in total. The van der Waals surface area contributed by atoms with Crippen molar-refractivity contribution in [2.75, 3.05) is 6.61 Å². The van der Waals surface area contributed by atoms with Crippen LogP contribution in [0.4, 0.5) is 0 Å². The number of aryl methyl sites for hydroxylation is 1. The molecule has 0 bridgehead atoms. The second-order valence-electron chi connectivity index (χ2n) is 4.85. The van der Waals surface area contributed by atoms with Gasteiger partial charge < -0.3 is 9.84 Å². The van der Waals surface area contributed by atoms with Crippen molar-refractivity contribution in [1.82, 2.24) is 4.72 Å². The highest BCUT2D eigenvalue weighted by Crippen LogP contribution is 2.26. The van der Waals surface area contributed by atoms with Crippen molar-refractivity contribution in [3.05, 3.63) is 16.5 Å². The van der Waals surface area contributed by atoms with E-state index >= 15 is 0 Å². The molecule has 1 saturated heterocycles. The lowest BCUT2D eigenvalue weighted by atomic mass is 10.1. The highest BCUT2D eigenvalue weighted by atomic mass is 32.2. The summed E-state index contributed by atoms with van der Waals surface area (Å²) in [4.78, 5) is 0.695. The maximum atomic E-state index is 12.3. The molecule has 1 aliphatic rings. The monoisotopic (exact) mass is 305 g/mol. The van der Waals surface area contributed by atoms with E-state index < -0.39 is 10.0 Å². The molecule has 0 radical (unpaired) electrons. The molecular formula is C12H19NO4S2. The number of aliphatic hydroxyl groups excluding tert-OH is 1. The van der Waals surface area contributed by atoms with Crippen molar-refractivity contribution >= 4 is 21.4 Å². The first-order valence-electron chi connectivity index (χ1n) is 6.26. The Hall–Kier alpha value is -0.470. The van der Waals surface area contributed by atoms with Crippen LogP contribution in [0.5, 0.6) is 0 Å². The molecule has 2 rings (SSSR count). The summed E-state index contributed by atoms with van der Waals surface area (Å²) in [5.74, 6) is 0. The molecule has 0 spiro atoms. The number of sulfonamides is 1. The standard InChI is InChI=1S/C12H19NO4S2/c1-8-5-12(18-11(8)7-14)19(15,16)13-10-3-4-17-9(2)6-10/h5,9-10,13-14H,3-4,6-7H2,1-2H3. The Morgan fingerprint density at radius 3 is 2.89 bits per heavy atom. The molecule has 108 valence electrons. The van der Waals surface area contributed by atoms with Crippen LogP contribution in [0.1, 0.15) is 30.2 Å². The van der Waals surface area contributed by atoms with Gasteiger partial charge >= 0.3 is 0 Å². The molecule has 1 aromatic rings. The van der Waals surface area contributed by atoms with Gasteiger partial charge in [-0.15, -0.1) is 11.3 Å². The van der Waals surface area contributed by atoms with Gasteiger partial charge in [0.15, 0.2) is 0 Å². The van der Waals surface area contributed by atoms with Crippen LogP contribution in [-0.4, -0.2) is 32.3 Å². The molecule has 1 fully saturated rings. The van der Waals surface area contributed by atoms with Crippen LogP contribution in [0.15, 0.2) is 10.3 Å². The maximum Gasteiger partial charge on any atom is 0.250 e. The molecule has 0 aliphatic carbocycles. The van der Waals surface area contributed by atoms with Crippen LogP contribution in [0, 0.1) is 6.92 Å². The lowest BCUT2D eigenvalue weighted by Gasteiger charge is -2.27. The summed E-state index contributed by atoms with van der Waals surface area (Å²) in [5, 5.41) is 9.13. The number of nitrogens with one attached hydrogen (secondary N) is 1. The Labute approximate surface area is 117 Å². The number of hydrogen-bond acceptors (Lipinski definition) is 5. The van der Waals surface area contributed by atoms with E-state index in [1.54, 1.807) is 13.0 Å². The van der Waals surface area contributed by atoms with Crippen molar-refractivity contribution < 1.29 is 18.3 Å². The van der Waals surface area contributed by atoms with Crippen molar-refractivity contribution in [2.24, 2.45) is 0 Å². The second kappa shape index (κ2) is 5.88. The van der Waals surface area contributed by atoms with Crippen LogP contribution in [0.3, 0.4) is 0 Å². The molecule has 2 unspecified atom stereocenters. The fourth-order valence-electron chi connectivity index (χ4n) is 2.16. The second-order valence-corrected chi connectivity index (χ2v) is 7.93. The van der Waals surface area contributed by atoms with Gasteiger partial charge in [0.25, 0.3) is 0 Å². The van der Waals surface area contributed by atoms with E-state index in [0.29, 0.717) is 24.3 Å². The topological polar surface area (TPSA) is 75.6 Å². The Balaban J connectivity index is 2.13. The summed E-state index contributed by atoms with van der Waals surface area (Å²) in [6, 6.07) is 1.54. The molecule has 0 amide bonds. The fraction of sp³-hybridized carbons (Fsp3) is 0.667. The zero-order valence-corrected chi connectivity index (χ0v) is 12.7. The molecule has 19 heavy (non-hydrogen) atoms. The normalized spacial score (nSPS) is 24.6. The van der Waals surface area contributed by atoms with E-state index in [1.165, 1.54) is 0 Å². The molecule has 7 heteroatoms. The quantitative estimate of drug-likeness (QED) is 0.881. The number of thiophene rings is 1. The fourth-order valence-corrected chi connectivity index (χ4v) is 4.91. The Morgan fingerprint density at radius 1 is 1.58 bits per heavy atom. The third kappa shape index (κ3) is 3.55. The molecule has 2 atom stereocenters. The summed E-state index contributed by atoms with van der Waals surface area (Å²) in [6.45, 7) is 4.21. The number of ether oxygens (including phenoxy) is 1. The lowest BCUT2D eigenvalue weighted by molar-refractivity contribution is 0.0173. The minimum atomic E-state index is -3.49. The van der Waals surface area contributed by atoms with Crippen LogP contribution in [0.2, 0.25) is 0 Å². The first-order chi connectivity index (χ1) is 8.92. The van der Waals surface area contributed by atoms with Gasteiger partial charge in [0.2, 0.25) is 10.0 Å². The molecule has 2 heterocycles. The van der Waals surface area contributed by atoms with E-state index in [0.717, 1.165) is 16.9 Å². The van der Waals surface area contributed by atoms with Gasteiger partial charge in [-0.3, -0.25) is 0 Å². The van der Waals surface area contributed by atoms with Crippen LogP contribution < -0.4 is 4.72 Å². The average Bonchev–Trinajstić information content (AvgIpc) is 2.71. The van der Waals surface area contributed by atoms with E-state index in [4.69, 9.17) is 9.84 Å². The number of hydrogen-bond donors (Lipinski definition) is 2. The van der Waals surface area contributed by atoms with Gasteiger partial charge in [-0.05, 0) is 38.3 Å². The van der Waals surface area contributed by atoms with E-state index in [9.17, 15) is 8.42 Å². The minimum absolute atomic E-state index is 0.0752. The third-order valence-corrected chi connectivity index (χ3v) is 6.43. The molecule has 0 saturated carbocycles. The van der Waals surface area contributed by atoms with E-state index in [2.05, 4.69) is 4.72 Å². The summed E-state index contributed by atoms with van der Waals surface area (Å²) in [7, 11) is -3.49. The van der Waals surface area contributed by atoms with E-state index in [1.807, 2.05) is 6.92 Å². The smallest absolute Gasteiger partial charge is 0.250 e.